The van der Waals surface area contributed by atoms with Crippen LogP contribution in [0.2, 0.25) is 0 Å². The van der Waals surface area contributed by atoms with Gasteiger partial charge in [-0.15, -0.1) is 0 Å². The van der Waals surface area contributed by atoms with Crippen molar-refractivity contribution in [2.45, 2.75) is 38.5 Å². The second-order valence-corrected chi connectivity index (χ2v) is 6.49. The van der Waals surface area contributed by atoms with Gasteiger partial charge in [-0.3, -0.25) is 9.78 Å². The van der Waals surface area contributed by atoms with Crippen molar-refractivity contribution in [3.63, 3.8) is 0 Å². The minimum atomic E-state index is -0.344. The number of ether oxygens (including phenoxy) is 2. The Morgan fingerprint density at radius 1 is 1.42 bits per heavy atom. The van der Waals surface area contributed by atoms with Gasteiger partial charge in [0.25, 0.3) is 5.91 Å². The van der Waals surface area contributed by atoms with E-state index < -0.39 is 0 Å². The number of pyridine rings is 1. The number of aliphatic hydroxyl groups excluding tert-OH is 1. The van der Waals surface area contributed by atoms with Crippen LogP contribution in [-0.2, 0) is 11.3 Å². The zero-order valence-electron chi connectivity index (χ0n) is 15.1. The fraction of sp³-hybridized carbons (Fsp3) is 0.500. The number of nitrogens with one attached hydrogen (secondary N) is 1. The summed E-state index contributed by atoms with van der Waals surface area (Å²) in [7, 11) is 3.12. The first-order chi connectivity index (χ1) is 12.5. The summed E-state index contributed by atoms with van der Waals surface area (Å²) in [4.78, 5) is 17.0. The number of aromatic nitrogens is 2. The molecule has 140 valence electrons. The third-order valence-corrected chi connectivity index (χ3v) is 4.73. The van der Waals surface area contributed by atoms with Crippen LogP contribution in [0.3, 0.4) is 0 Å². The van der Waals surface area contributed by atoms with Gasteiger partial charge in [-0.2, -0.15) is 0 Å². The molecule has 8 heteroatoms. The normalized spacial score (nSPS) is 20.3. The van der Waals surface area contributed by atoms with Gasteiger partial charge in [0.15, 0.2) is 5.69 Å². The van der Waals surface area contributed by atoms with Crippen LogP contribution in [0, 0.1) is 12.8 Å². The zero-order valence-corrected chi connectivity index (χ0v) is 15.1. The lowest BCUT2D eigenvalue weighted by Crippen LogP contribution is -2.41. The maximum absolute atomic E-state index is 12.8. The Bertz CT molecular complexity index is 770. The monoisotopic (exact) mass is 361 g/mol. The Labute approximate surface area is 151 Å². The summed E-state index contributed by atoms with van der Waals surface area (Å²) in [6.07, 6.45) is 4.20. The lowest BCUT2D eigenvalue weighted by atomic mass is 9.75. The van der Waals surface area contributed by atoms with Crippen LogP contribution < -0.4 is 10.1 Å². The number of nitrogens with zero attached hydrogens (tertiary/aromatic N) is 2. The molecule has 1 fully saturated rings. The van der Waals surface area contributed by atoms with Crippen LogP contribution in [0.5, 0.6) is 5.75 Å². The first kappa shape index (κ1) is 18.3. The van der Waals surface area contributed by atoms with Crippen LogP contribution in [0.15, 0.2) is 23.0 Å². The Kier molecular flexibility index (Phi) is 5.53. The van der Waals surface area contributed by atoms with E-state index in [0.29, 0.717) is 29.9 Å². The number of carbonyl (C=O) groups is 1. The third kappa shape index (κ3) is 3.71. The molecule has 0 radical (unpaired) electrons. The number of aryl methyl sites for hydroxylation is 1. The van der Waals surface area contributed by atoms with Crippen molar-refractivity contribution in [1.82, 2.24) is 15.5 Å². The predicted octanol–water partition coefficient (Wildman–Crippen LogP) is 1.78. The fourth-order valence-electron chi connectivity index (χ4n) is 3.19. The van der Waals surface area contributed by atoms with Gasteiger partial charge in [0.05, 0.1) is 37.6 Å². The summed E-state index contributed by atoms with van der Waals surface area (Å²) >= 11 is 0. The van der Waals surface area contributed by atoms with Crippen molar-refractivity contribution in [1.29, 1.82) is 0 Å². The smallest absolute Gasteiger partial charge is 0.274 e. The zero-order chi connectivity index (χ0) is 18.7. The highest BCUT2D eigenvalue weighted by Gasteiger charge is 2.37. The van der Waals surface area contributed by atoms with Crippen molar-refractivity contribution in [2.24, 2.45) is 5.92 Å². The summed E-state index contributed by atoms with van der Waals surface area (Å²) in [5.41, 5.74) is 1.66. The van der Waals surface area contributed by atoms with Gasteiger partial charge in [-0.05, 0) is 37.3 Å². The minimum absolute atomic E-state index is 0.113. The Balaban J connectivity index is 1.85. The van der Waals surface area contributed by atoms with Crippen LogP contribution in [-0.4, -0.2) is 41.5 Å². The van der Waals surface area contributed by atoms with Crippen molar-refractivity contribution in [2.75, 3.05) is 14.2 Å². The van der Waals surface area contributed by atoms with E-state index in [4.69, 9.17) is 14.0 Å². The molecule has 0 bridgehead atoms. The van der Waals surface area contributed by atoms with Gasteiger partial charge in [0.1, 0.15) is 11.5 Å². The van der Waals surface area contributed by atoms with Crippen molar-refractivity contribution >= 4 is 5.91 Å². The lowest BCUT2D eigenvalue weighted by molar-refractivity contribution is 0.0233. The SMILES string of the molecule is COCc1c(C(=O)NC(c2cncc(OC)c2)C2CC(O)C2)noc1C. The summed E-state index contributed by atoms with van der Waals surface area (Å²) in [5, 5.41) is 16.6. The second-order valence-electron chi connectivity index (χ2n) is 6.49. The molecule has 2 aromatic rings. The molecular weight excluding hydrogens is 338 g/mol. The molecule has 1 amide bonds. The number of aliphatic hydroxyl groups is 1. The Morgan fingerprint density at radius 2 is 2.19 bits per heavy atom. The van der Waals surface area contributed by atoms with Crippen molar-refractivity contribution in [3.05, 3.63) is 41.0 Å². The van der Waals surface area contributed by atoms with Gasteiger partial charge >= 0.3 is 0 Å². The van der Waals surface area contributed by atoms with Gasteiger partial charge in [-0.25, -0.2) is 0 Å². The van der Waals surface area contributed by atoms with E-state index in [9.17, 15) is 9.90 Å². The maximum Gasteiger partial charge on any atom is 0.274 e. The number of carbonyl (C=O) groups excluding carboxylic acids is 1. The van der Waals surface area contributed by atoms with Crippen LogP contribution >= 0.6 is 0 Å². The Hall–Kier alpha value is -2.45. The van der Waals surface area contributed by atoms with E-state index in [1.54, 1.807) is 33.5 Å². The summed E-state index contributed by atoms with van der Waals surface area (Å²) in [5.74, 6) is 0.930. The number of methoxy groups -OCH3 is 2. The summed E-state index contributed by atoms with van der Waals surface area (Å²) in [6, 6.07) is 1.54. The van der Waals surface area contributed by atoms with Crippen LogP contribution in [0.25, 0.3) is 0 Å². The maximum atomic E-state index is 12.8. The molecule has 1 aliphatic rings. The second kappa shape index (κ2) is 7.84. The van der Waals surface area contributed by atoms with Crippen molar-refractivity contribution < 1.29 is 23.9 Å². The number of amides is 1. The number of rotatable bonds is 7. The molecular formula is C18H23N3O5. The molecule has 1 saturated carbocycles. The number of hydrogen-bond acceptors (Lipinski definition) is 7. The van der Waals surface area contributed by atoms with E-state index in [2.05, 4.69) is 15.5 Å². The van der Waals surface area contributed by atoms with Crippen LogP contribution in [0.1, 0.15) is 46.3 Å². The van der Waals surface area contributed by atoms with E-state index in [1.807, 2.05) is 6.07 Å². The molecule has 0 aliphatic heterocycles. The van der Waals surface area contributed by atoms with E-state index in [0.717, 1.165) is 5.56 Å². The average Bonchev–Trinajstić information content (AvgIpc) is 2.98. The summed E-state index contributed by atoms with van der Waals surface area (Å²) < 4.78 is 15.5. The molecule has 1 unspecified atom stereocenters. The van der Waals surface area contributed by atoms with Crippen molar-refractivity contribution in [3.8, 4) is 5.75 Å². The molecule has 0 saturated heterocycles. The molecule has 0 spiro atoms. The summed E-state index contributed by atoms with van der Waals surface area (Å²) in [6.45, 7) is 1.98. The highest BCUT2D eigenvalue weighted by Crippen LogP contribution is 2.38. The highest BCUT2D eigenvalue weighted by atomic mass is 16.5. The molecule has 1 atom stereocenters. The van der Waals surface area contributed by atoms with Gasteiger partial charge in [-0.1, -0.05) is 5.16 Å². The third-order valence-electron chi connectivity index (χ3n) is 4.73. The highest BCUT2D eigenvalue weighted by molar-refractivity contribution is 5.94. The topological polar surface area (TPSA) is 107 Å². The minimum Gasteiger partial charge on any atom is -0.495 e. The first-order valence-corrected chi connectivity index (χ1v) is 8.45. The standard InChI is InChI=1S/C18H23N3O5/c1-10-15(9-24-2)17(21-26-10)18(23)20-16(11-4-13(22)5-11)12-6-14(25-3)8-19-7-12/h6-8,11,13,16,22H,4-5,9H2,1-3H3,(H,20,23). The molecule has 2 heterocycles. The predicted molar refractivity (Wildman–Crippen MR) is 91.7 cm³/mol. The molecule has 2 aromatic heterocycles. The number of hydrogen-bond donors (Lipinski definition) is 2. The molecule has 26 heavy (non-hydrogen) atoms. The van der Waals surface area contributed by atoms with Gasteiger partial charge < -0.3 is 24.4 Å². The lowest BCUT2D eigenvalue weighted by Gasteiger charge is -2.38. The Morgan fingerprint density at radius 3 is 2.85 bits per heavy atom. The van der Waals surface area contributed by atoms with Crippen LogP contribution in [0.4, 0.5) is 0 Å². The van der Waals surface area contributed by atoms with Gasteiger partial charge in [0.2, 0.25) is 0 Å². The average molecular weight is 361 g/mol. The molecule has 3 rings (SSSR count). The largest absolute Gasteiger partial charge is 0.495 e. The van der Waals surface area contributed by atoms with E-state index >= 15 is 0 Å². The first-order valence-electron chi connectivity index (χ1n) is 8.45. The van der Waals surface area contributed by atoms with Gasteiger partial charge in [0, 0.05) is 13.3 Å². The quantitative estimate of drug-likeness (QED) is 0.774. The molecule has 8 nitrogen and oxygen atoms in total. The molecule has 2 N–H and O–H groups in total. The molecule has 1 aliphatic carbocycles. The fourth-order valence-corrected chi connectivity index (χ4v) is 3.19. The van der Waals surface area contributed by atoms with E-state index in [1.165, 1.54) is 0 Å². The van der Waals surface area contributed by atoms with E-state index in [-0.39, 0.29) is 36.3 Å². The molecule has 0 aromatic carbocycles.